The van der Waals surface area contributed by atoms with Crippen LogP contribution in [0.5, 0.6) is 0 Å². The van der Waals surface area contributed by atoms with Crippen molar-refractivity contribution in [3.05, 3.63) is 45.8 Å². The van der Waals surface area contributed by atoms with Crippen LogP contribution in [0.4, 0.5) is 5.82 Å². The molecule has 0 saturated heterocycles. The monoisotopic (exact) mass is 229 g/mol. The molecule has 1 N–H and O–H groups in total. The Hall–Kier alpha value is -1.86. The summed E-state index contributed by atoms with van der Waals surface area (Å²) < 4.78 is 0. The molecule has 4 heteroatoms. The molecule has 2 rings (SSSR count). The van der Waals surface area contributed by atoms with E-state index in [-0.39, 0.29) is 0 Å². The second kappa shape index (κ2) is 4.77. The van der Waals surface area contributed by atoms with Crippen LogP contribution >= 0.6 is 11.3 Å². The Balaban J connectivity index is 1.97. The third-order valence-electron chi connectivity index (χ3n) is 2.13. The van der Waals surface area contributed by atoms with Crippen LogP contribution < -0.4 is 5.32 Å². The number of anilines is 1. The van der Waals surface area contributed by atoms with Gasteiger partial charge in [0.2, 0.25) is 0 Å². The number of pyridine rings is 1. The summed E-state index contributed by atoms with van der Waals surface area (Å²) in [4.78, 5) is 6.13. The van der Waals surface area contributed by atoms with Crippen LogP contribution in [0, 0.1) is 18.3 Å². The van der Waals surface area contributed by atoms with E-state index in [0.29, 0.717) is 6.54 Å². The predicted octanol–water partition coefficient (Wildman–Crippen LogP) is 2.94. The minimum absolute atomic E-state index is 0.711. The SMILES string of the molecule is Cc1ccc(NCc2ccc(C#N)s2)nc1. The minimum Gasteiger partial charge on any atom is -0.365 e. The van der Waals surface area contributed by atoms with Crippen LogP contribution in [-0.2, 0) is 6.54 Å². The van der Waals surface area contributed by atoms with Crippen molar-refractivity contribution in [3.63, 3.8) is 0 Å². The summed E-state index contributed by atoms with van der Waals surface area (Å²) in [6.07, 6.45) is 1.83. The molecule has 0 fully saturated rings. The van der Waals surface area contributed by atoms with Crippen LogP contribution in [0.15, 0.2) is 30.5 Å². The number of hydrogen-bond acceptors (Lipinski definition) is 4. The lowest BCUT2D eigenvalue weighted by Gasteiger charge is -2.03. The molecule has 0 spiro atoms. The lowest BCUT2D eigenvalue weighted by atomic mass is 10.3. The highest BCUT2D eigenvalue weighted by molar-refractivity contribution is 7.12. The van der Waals surface area contributed by atoms with Gasteiger partial charge in [0.25, 0.3) is 0 Å². The van der Waals surface area contributed by atoms with E-state index < -0.39 is 0 Å². The second-order valence-electron chi connectivity index (χ2n) is 3.45. The van der Waals surface area contributed by atoms with Crippen molar-refractivity contribution in [1.82, 2.24) is 4.98 Å². The van der Waals surface area contributed by atoms with Gasteiger partial charge in [-0.3, -0.25) is 0 Å². The van der Waals surface area contributed by atoms with Crippen LogP contribution in [0.2, 0.25) is 0 Å². The highest BCUT2D eigenvalue weighted by Gasteiger charge is 1.99. The molecule has 80 valence electrons. The Morgan fingerprint density at radius 1 is 1.38 bits per heavy atom. The van der Waals surface area contributed by atoms with Gasteiger partial charge < -0.3 is 5.32 Å². The quantitative estimate of drug-likeness (QED) is 0.880. The Labute approximate surface area is 98.4 Å². The van der Waals surface area contributed by atoms with Gasteiger partial charge in [-0.15, -0.1) is 11.3 Å². The van der Waals surface area contributed by atoms with E-state index in [9.17, 15) is 0 Å². The van der Waals surface area contributed by atoms with Gasteiger partial charge >= 0.3 is 0 Å². The lowest BCUT2D eigenvalue weighted by Crippen LogP contribution is -1.99. The van der Waals surface area contributed by atoms with Gasteiger partial charge in [-0.2, -0.15) is 5.26 Å². The first-order chi connectivity index (χ1) is 7.78. The standard InChI is InChI=1S/C12H11N3S/c1-9-2-5-12(14-7-9)15-8-11-4-3-10(6-13)16-11/h2-5,7H,8H2,1H3,(H,14,15). The Kier molecular flexibility index (Phi) is 3.18. The van der Waals surface area contributed by atoms with Gasteiger partial charge in [0.05, 0.1) is 6.54 Å². The fourth-order valence-electron chi connectivity index (χ4n) is 1.28. The van der Waals surface area contributed by atoms with Gasteiger partial charge in [-0.05, 0) is 30.7 Å². The third-order valence-corrected chi connectivity index (χ3v) is 3.12. The first kappa shape index (κ1) is 10.7. The molecule has 0 amide bonds. The van der Waals surface area contributed by atoms with E-state index in [1.54, 1.807) is 0 Å². The van der Waals surface area contributed by atoms with E-state index in [2.05, 4.69) is 16.4 Å². The molecule has 0 aliphatic rings. The number of hydrogen-bond donors (Lipinski definition) is 1. The zero-order valence-electron chi connectivity index (χ0n) is 8.90. The smallest absolute Gasteiger partial charge is 0.126 e. The first-order valence-corrected chi connectivity index (χ1v) is 5.75. The average molecular weight is 229 g/mol. The van der Waals surface area contributed by atoms with Gasteiger partial charge in [-0.1, -0.05) is 6.07 Å². The zero-order chi connectivity index (χ0) is 11.4. The Morgan fingerprint density at radius 3 is 2.88 bits per heavy atom. The molecule has 0 unspecified atom stereocenters. The maximum Gasteiger partial charge on any atom is 0.126 e. The van der Waals surface area contributed by atoms with E-state index in [4.69, 9.17) is 5.26 Å². The third kappa shape index (κ3) is 2.59. The largest absolute Gasteiger partial charge is 0.365 e. The van der Waals surface area contributed by atoms with E-state index >= 15 is 0 Å². The maximum absolute atomic E-state index is 8.69. The molecule has 2 aromatic rings. The van der Waals surface area contributed by atoms with Gasteiger partial charge in [0, 0.05) is 11.1 Å². The number of rotatable bonds is 3. The first-order valence-electron chi connectivity index (χ1n) is 4.93. The number of thiophene rings is 1. The molecular weight excluding hydrogens is 218 g/mol. The van der Waals surface area contributed by atoms with Crippen LogP contribution in [0.25, 0.3) is 0 Å². The fourth-order valence-corrected chi connectivity index (χ4v) is 2.03. The summed E-state index contributed by atoms with van der Waals surface area (Å²) in [6, 6.07) is 9.90. The van der Waals surface area contributed by atoms with Crippen molar-refractivity contribution in [2.24, 2.45) is 0 Å². The number of aromatic nitrogens is 1. The van der Waals surface area contributed by atoms with E-state index in [1.165, 1.54) is 11.3 Å². The summed E-state index contributed by atoms with van der Waals surface area (Å²) >= 11 is 1.50. The fraction of sp³-hybridized carbons (Fsp3) is 0.167. The average Bonchev–Trinajstić information content (AvgIpc) is 2.76. The topological polar surface area (TPSA) is 48.7 Å². The maximum atomic E-state index is 8.69. The molecular formula is C12H11N3S. The summed E-state index contributed by atoms with van der Waals surface area (Å²) in [6.45, 7) is 2.72. The molecule has 0 aliphatic carbocycles. The van der Waals surface area contributed by atoms with Crippen molar-refractivity contribution in [3.8, 4) is 6.07 Å². The normalized spacial score (nSPS) is 9.75. The van der Waals surface area contributed by atoms with E-state index in [0.717, 1.165) is 21.1 Å². The number of aryl methyl sites for hydroxylation is 1. The minimum atomic E-state index is 0.711. The van der Waals surface area contributed by atoms with E-state index in [1.807, 2.05) is 37.4 Å². The summed E-state index contributed by atoms with van der Waals surface area (Å²) in [5.41, 5.74) is 1.15. The molecule has 16 heavy (non-hydrogen) atoms. The van der Waals surface area contributed by atoms with Crippen LogP contribution in [0.1, 0.15) is 15.3 Å². The summed E-state index contributed by atoms with van der Waals surface area (Å²) in [5.74, 6) is 0.859. The molecule has 2 heterocycles. The molecule has 0 aromatic carbocycles. The van der Waals surface area contributed by atoms with Gasteiger partial charge in [0.15, 0.2) is 0 Å². The molecule has 3 nitrogen and oxygen atoms in total. The van der Waals surface area contributed by atoms with Crippen molar-refractivity contribution in [1.29, 1.82) is 5.26 Å². The van der Waals surface area contributed by atoms with Gasteiger partial charge in [-0.25, -0.2) is 4.98 Å². The summed E-state index contributed by atoms with van der Waals surface area (Å²) in [7, 11) is 0. The highest BCUT2D eigenvalue weighted by Crippen LogP contribution is 2.16. The molecule has 0 saturated carbocycles. The molecule has 0 bridgehead atoms. The van der Waals surface area contributed by atoms with Crippen LogP contribution in [-0.4, -0.2) is 4.98 Å². The van der Waals surface area contributed by atoms with Crippen molar-refractivity contribution >= 4 is 17.2 Å². The van der Waals surface area contributed by atoms with Crippen molar-refractivity contribution in [2.75, 3.05) is 5.32 Å². The van der Waals surface area contributed by atoms with Crippen molar-refractivity contribution in [2.45, 2.75) is 13.5 Å². The highest BCUT2D eigenvalue weighted by atomic mass is 32.1. The Morgan fingerprint density at radius 2 is 2.25 bits per heavy atom. The molecule has 2 aromatic heterocycles. The second-order valence-corrected chi connectivity index (χ2v) is 4.62. The van der Waals surface area contributed by atoms with Crippen molar-refractivity contribution < 1.29 is 0 Å². The van der Waals surface area contributed by atoms with Crippen LogP contribution in [0.3, 0.4) is 0 Å². The molecule has 0 aliphatic heterocycles. The predicted molar refractivity (Wildman–Crippen MR) is 65.3 cm³/mol. The van der Waals surface area contributed by atoms with Gasteiger partial charge in [0.1, 0.15) is 16.8 Å². The number of nitrogens with zero attached hydrogens (tertiary/aromatic N) is 2. The lowest BCUT2D eigenvalue weighted by molar-refractivity contribution is 1.13. The zero-order valence-corrected chi connectivity index (χ0v) is 9.71. The molecule has 0 atom stereocenters. The molecule has 0 radical (unpaired) electrons. The number of nitriles is 1. The Bertz CT molecular complexity index is 508. The summed E-state index contributed by atoms with van der Waals surface area (Å²) in [5, 5.41) is 11.9. The number of nitrogens with one attached hydrogen (secondary N) is 1.